The van der Waals surface area contributed by atoms with Gasteiger partial charge in [-0.25, -0.2) is 9.79 Å². The molecule has 0 bridgehead atoms. The Labute approximate surface area is 122 Å². The van der Waals surface area contributed by atoms with Crippen molar-refractivity contribution < 1.29 is 9.90 Å². The number of thiophene rings is 1. The first-order valence-electron chi connectivity index (χ1n) is 5.78. The molecule has 0 radical (unpaired) electrons. The van der Waals surface area contributed by atoms with Gasteiger partial charge in [-0.05, 0) is 24.8 Å². The number of aromatic nitrogens is 1. The molecular formula is C12H11ClN2O2S2. The molecule has 2 heterocycles. The third-order valence-electron chi connectivity index (χ3n) is 2.88. The summed E-state index contributed by atoms with van der Waals surface area (Å²) in [5.41, 5.74) is 0. The highest BCUT2D eigenvalue weighted by atomic mass is 35.5. The van der Waals surface area contributed by atoms with E-state index in [9.17, 15) is 4.79 Å². The van der Waals surface area contributed by atoms with E-state index in [0.717, 1.165) is 21.4 Å². The van der Waals surface area contributed by atoms with Crippen molar-refractivity contribution >= 4 is 45.2 Å². The van der Waals surface area contributed by atoms with Crippen LogP contribution < -0.4 is 4.80 Å². The minimum Gasteiger partial charge on any atom is -0.477 e. The van der Waals surface area contributed by atoms with E-state index in [1.54, 1.807) is 29.1 Å². The summed E-state index contributed by atoms with van der Waals surface area (Å²) in [6.07, 6.45) is 3.98. The first kappa shape index (κ1) is 12.9. The lowest BCUT2D eigenvalue weighted by molar-refractivity contribution is 0.0701. The molecule has 19 heavy (non-hydrogen) atoms. The number of carbonyl (C=O) groups is 1. The van der Waals surface area contributed by atoms with Crippen molar-refractivity contribution in [3.8, 4) is 0 Å². The monoisotopic (exact) mass is 314 g/mol. The Bertz CT molecular complexity index is 710. The molecule has 100 valence electrons. The van der Waals surface area contributed by atoms with Crippen LogP contribution in [0.5, 0.6) is 0 Å². The summed E-state index contributed by atoms with van der Waals surface area (Å²) >= 11 is 8.96. The first-order valence-corrected chi connectivity index (χ1v) is 7.79. The van der Waals surface area contributed by atoms with E-state index in [2.05, 4.69) is 4.99 Å². The quantitative estimate of drug-likeness (QED) is 0.941. The number of hydrogen-bond donors (Lipinski definition) is 1. The number of nitrogens with zero attached hydrogens (tertiary/aromatic N) is 2. The molecule has 0 aromatic carbocycles. The lowest BCUT2D eigenvalue weighted by atomic mass is 10.3. The molecule has 0 saturated heterocycles. The van der Waals surface area contributed by atoms with Gasteiger partial charge in [0.2, 0.25) is 0 Å². The molecule has 0 amide bonds. The van der Waals surface area contributed by atoms with Crippen LogP contribution in [0.1, 0.15) is 33.3 Å². The summed E-state index contributed by atoms with van der Waals surface area (Å²) in [5.74, 6) is -0.321. The zero-order valence-electron chi connectivity index (χ0n) is 10.1. The van der Waals surface area contributed by atoms with Gasteiger partial charge in [-0.2, -0.15) is 0 Å². The molecule has 1 aliphatic rings. The van der Waals surface area contributed by atoms with Crippen LogP contribution in [0.15, 0.2) is 17.3 Å². The third kappa shape index (κ3) is 2.61. The topological polar surface area (TPSA) is 54.6 Å². The SMILES string of the molecule is Cn1cc(C(=O)O)s/c1=N\c1cc(Cl)c(C2CC2)s1. The second-order valence-corrected chi connectivity index (χ2v) is 6.96. The zero-order chi connectivity index (χ0) is 13.6. The van der Waals surface area contributed by atoms with E-state index in [1.165, 1.54) is 17.7 Å². The Kier molecular flexibility index (Phi) is 3.24. The molecule has 0 aliphatic heterocycles. The Morgan fingerprint density at radius 1 is 1.53 bits per heavy atom. The largest absolute Gasteiger partial charge is 0.477 e. The zero-order valence-corrected chi connectivity index (χ0v) is 12.5. The number of hydrogen-bond acceptors (Lipinski definition) is 4. The molecule has 0 atom stereocenters. The molecule has 0 unspecified atom stereocenters. The highest BCUT2D eigenvalue weighted by Gasteiger charge is 2.27. The molecule has 2 aromatic heterocycles. The molecule has 7 heteroatoms. The van der Waals surface area contributed by atoms with Gasteiger partial charge in [0, 0.05) is 18.1 Å². The molecule has 1 saturated carbocycles. The van der Waals surface area contributed by atoms with Crippen molar-refractivity contribution in [2.45, 2.75) is 18.8 Å². The van der Waals surface area contributed by atoms with Gasteiger partial charge in [-0.3, -0.25) is 0 Å². The summed E-state index contributed by atoms with van der Waals surface area (Å²) in [6.45, 7) is 0. The summed E-state index contributed by atoms with van der Waals surface area (Å²) in [5, 5.41) is 10.6. The second-order valence-electron chi connectivity index (χ2n) is 4.48. The Balaban J connectivity index is 2.00. The molecule has 2 aromatic rings. The maximum atomic E-state index is 10.9. The number of halogens is 1. The highest BCUT2D eigenvalue weighted by molar-refractivity contribution is 7.16. The fourth-order valence-electron chi connectivity index (χ4n) is 1.77. The van der Waals surface area contributed by atoms with Crippen LogP contribution >= 0.6 is 34.3 Å². The number of aryl methyl sites for hydroxylation is 1. The van der Waals surface area contributed by atoms with Crippen LogP contribution in [0.3, 0.4) is 0 Å². The molecule has 3 rings (SSSR count). The van der Waals surface area contributed by atoms with Crippen LogP contribution in [0.2, 0.25) is 5.02 Å². The van der Waals surface area contributed by atoms with E-state index in [-0.39, 0.29) is 4.88 Å². The molecule has 4 nitrogen and oxygen atoms in total. The van der Waals surface area contributed by atoms with Gasteiger partial charge < -0.3 is 9.67 Å². The lowest BCUT2D eigenvalue weighted by Gasteiger charge is -1.89. The first-order chi connectivity index (χ1) is 9.04. The van der Waals surface area contributed by atoms with Gasteiger partial charge in [0.05, 0.1) is 5.02 Å². The fraction of sp³-hybridized carbons (Fsp3) is 0.333. The Morgan fingerprint density at radius 2 is 2.26 bits per heavy atom. The third-order valence-corrected chi connectivity index (χ3v) is 5.56. The van der Waals surface area contributed by atoms with Crippen molar-refractivity contribution in [2.75, 3.05) is 0 Å². The van der Waals surface area contributed by atoms with Gasteiger partial charge in [-0.1, -0.05) is 22.9 Å². The fourth-order valence-corrected chi connectivity index (χ4v) is 4.20. The Morgan fingerprint density at radius 3 is 2.84 bits per heavy atom. The minimum absolute atomic E-state index is 0.284. The van der Waals surface area contributed by atoms with Crippen LogP contribution in [0.4, 0.5) is 5.00 Å². The van der Waals surface area contributed by atoms with E-state index in [1.807, 2.05) is 6.07 Å². The predicted molar refractivity (Wildman–Crippen MR) is 76.8 cm³/mol. The van der Waals surface area contributed by atoms with Crippen LogP contribution in [-0.2, 0) is 7.05 Å². The van der Waals surface area contributed by atoms with Crippen LogP contribution in [-0.4, -0.2) is 15.6 Å². The van der Waals surface area contributed by atoms with E-state index in [4.69, 9.17) is 16.7 Å². The maximum absolute atomic E-state index is 10.9. The molecule has 1 aliphatic carbocycles. The number of thiazole rings is 1. The van der Waals surface area contributed by atoms with Crippen molar-refractivity contribution in [3.05, 3.63) is 31.8 Å². The maximum Gasteiger partial charge on any atom is 0.347 e. The van der Waals surface area contributed by atoms with Gasteiger partial charge in [-0.15, -0.1) is 11.3 Å². The predicted octanol–water partition coefficient (Wildman–Crippen LogP) is 3.61. The summed E-state index contributed by atoms with van der Waals surface area (Å²) in [7, 11) is 1.79. The molecule has 0 spiro atoms. The number of carboxylic acids is 1. The Hall–Kier alpha value is -1.11. The van der Waals surface area contributed by atoms with Gasteiger partial charge in [0.25, 0.3) is 0 Å². The summed E-state index contributed by atoms with van der Waals surface area (Å²) in [6, 6.07) is 1.86. The average molecular weight is 315 g/mol. The molecule has 1 N–H and O–H groups in total. The lowest BCUT2D eigenvalue weighted by Crippen LogP contribution is -2.07. The van der Waals surface area contributed by atoms with Gasteiger partial charge in [0.15, 0.2) is 4.80 Å². The van der Waals surface area contributed by atoms with Gasteiger partial charge >= 0.3 is 5.97 Å². The summed E-state index contributed by atoms with van der Waals surface area (Å²) < 4.78 is 1.72. The van der Waals surface area contributed by atoms with Gasteiger partial charge in [0.1, 0.15) is 9.88 Å². The van der Waals surface area contributed by atoms with E-state index in [0.29, 0.717) is 10.7 Å². The van der Waals surface area contributed by atoms with E-state index >= 15 is 0 Å². The minimum atomic E-state index is -0.926. The molecular weight excluding hydrogens is 304 g/mol. The number of carboxylic acid groups (broad SMARTS) is 1. The summed E-state index contributed by atoms with van der Waals surface area (Å²) in [4.78, 5) is 17.6. The average Bonchev–Trinajstić information content (AvgIpc) is 3.03. The second kappa shape index (κ2) is 4.77. The van der Waals surface area contributed by atoms with Crippen molar-refractivity contribution in [1.29, 1.82) is 0 Å². The normalized spacial score (nSPS) is 16.0. The van der Waals surface area contributed by atoms with Crippen molar-refractivity contribution in [2.24, 2.45) is 12.0 Å². The van der Waals surface area contributed by atoms with Crippen molar-refractivity contribution in [3.63, 3.8) is 0 Å². The molecule has 1 fully saturated rings. The standard InChI is InChI=1S/C12H11ClN2O2S2/c1-15-5-8(11(16)17)18-12(15)14-9-4-7(13)10(19-9)6-2-3-6/h4-6H,2-3H2,1H3,(H,16,17)/b14-12-. The van der Waals surface area contributed by atoms with Crippen LogP contribution in [0, 0.1) is 0 Å². The highest BCUT2D eigenvalue weighted by Crippen LogP contribution is 2.48. The number of rotatable bonds is 3. The van der Waals surface area contributed by atoms with Crippen molar-refractivity contribution in [1.82, 2.24) is 4.57 Å². The smallest absolute Gasteiger partial charge is 0.347 e. The van der Waals surface area contributed by atoms with E-state index < -0.39 is 5.97 Å². The van der Waals surface area contributed by atoms with Crippen LogP contribution in [0.25, 0.3) is 0 Å². The number of aromatic carboxylic acids is 1.